The molecule has 1 saturated heterocycles. The Bertz CT molecular complexity index is 910. The van der Waals surface area contributed by atoms with Crippen LogP contribution < -0.4 is 24.2 Å². The molecule has 3 rings (SSSR count). The van der Waals surface area contributed by atoms with Gasteiger partial charge in [-0.15, -0.1) is 0 Å². The van der Waals surface area contributed by atoms with Gasteiger partial charge >= 0.3 is 0 Å². The second kappa shape index (κ2) is 9.90. The lowest BCUT2D eigenvalue weighted by Crippen LogP contribution is -2.65. The minimum absolute atomic E-state index is 0.266. The highest BCUT2D eigenvalue weighted by molar-refractivity contribution is 7.98. The smallest absolute Gasteiger partial charge is 0.298 e. The Kier molecular flexibility index (Phi) is 7.27. The van der Waals surface area contributed by atoms with E-state index < -0.39 is 5.54 Å². The van der Waals surface area contributed by atoms with Gasteiger partial charge in [-0.25, -0.2) is 9.11 Å². The van der Waals surface area contributed by atoms with Crippen LogP contribution >= 0.6 is 12.1 Å². The third kappa shape index (κ3) is 4.41. The van der Waals surface area contributed by atoms with Crippen molar-refractivity contribution in [1.29, 1.82) is 0 Å². The van der Waals surface area contributed by atoms with Crippen molar-refractivity contribution in [3.8, 4) is 11.5 Å². The van der Waals surface area contributed by atoms with Crippen LogP contribution in [0.5, 0.6) is 11.5 Å². The van der Waals surface area contributed by atoms with Crippen LogP contribution in [0.4, 0.5) is 10.1 Å². The van der Waals surface area contributed by atoms with Gasteiger partial charge in [0.25, 0.3) is 12.9 Å². The lowest BCUT2D eigenvalue weighted by atomic mass is 9.81. The van der Waals surface area contributed by atoms with E-state index >= 15 is 0 Å². The molecule has 0 saturated carbocycles. The molecule has 0 bridgehead atoms. The number of ether oxygens (including phenoxy) is 2. The second-order valence-corrected chi connectivity index (χ2v) is 7.58. The summed E-state index contributed by atoms with van der Waals surface area (Å²) in [7, 11) is 3.63. The maximum absolute atomic E-state index is 14.9. The number of likely N-dealkylation sites (N-methyl/N-ethyl adjacent to an activating group) is 1. The largest absolute Gasteiger partial charge is 0.429 e. The molecule has 0 atom stereocenters. The van der Waals surface area contributed by atoms with Crippen molar-refractivity contribution in [2.45, 2.75) is 12.1 Å². The number of carbonyl (C=O) groups is 2. The molecule has 1 aliphatic heterocycles. The van der Waals surface area contributed by atoms with E-state index in [9.17, 15) is 14.0 Å². The van der Waals surface area contributed by atoms with Crippen LogP contribution in [0.2, 0.25) is 0 Å². The average molecular weight is 434 g/mol. The summed E-state index contributed by atoms with van der Waals surface area (Å²) in [6.07, 6.45) is 0. The predicted molar refractivity (Wildman–Crippen MR) is 113 cm³/mol. The summed E-state index contributed by atoms with van der Waals surface area (Å²) in [6, 6.07) is 10.1. The Labute approximate surface area is 178 Å². The van der Waals surface area contributed by atoms with Crippen molar-refractivity contribution in [1.82, 2.24) is 14.9 Å². The summed E-state index contributed by atoms with van der Waals surface area (Å²) in [5.41, 5.74) is 1.15. The van der Waals surface area contributed by atoms with Gasteiger partial charge in [0.15, 0.2) is 5.82 Å². The molecule has 8 nitrogen and oxygen atoms in total. The number of hydrogen-bond donors (Lipinski definition) is 3. The molecule has 3 N–H and O–H groups in total. The fourth-order valence-corrected chi connectivity index (χ4v) is 3.86. The van der Waals surface area contributed by atoms with Crippen LogP contribution in [-0.2, 0) is 21.7 Å². The van der Waals surface area contributed by atoms with Crippen molar-refractivity contribution in [2.24, 2.45) is 0 Å². The molecular weight excluding hydrogens is 411 g/mol. The van der Waals surface area contributed by atoms with Crippen LogP contribution in [-0.4, -0.2) is 45.0 Å². The van der Waals surface area contributed by atoms with Crippen molar-refractivity contribution in [3.05, 3.63) is 53.3 Å². The van der Waals surface area contributed by atoms with E-state index in [1.54, 1.807) is 37.4 Å². The number of benzene rings is 2. The fraction of sp³-hybridized carbons (Fsp3) is 0.300. The Balaban J connectivity index is 1.90. The van der Waals surface area contributed by atoms with Crippen LogP contribution in [0.15, 0.2) is 36.4 Å². The molecule has 160 valence electrons. The van der Waals surface area contributed by atoms with E-state index in [0.29, 0.717) is 49.6 Å². The zero-order valence-corrected chi connectivity index (χ0v) is 17.4. The van der Waals surface area contributed by atoms with Crippen molar-refractivity contribution in [2.75, 3.05) is 31.9 Å². The van der Waals surface area contributed by atoms with E-state index in [4.69, 9.17) is 9.47 Å². The number of nitrogens with zero attached hydrogens (tertiary/aromatic N) is 1. The molecule has 2 aromatic carbocycles. The minimum atomic E-state index is -0.520. The van der Waals surface area contributed by atoms with Gasteiger partial charge in [-0.05, 0) is 32.3 Å². The topological polar surface area (TPSA) is 91.9 Å². The highest BCUT2D eigenvalue weighted by Crippen LogP contribution is 2.40. The standard InChI is InChI=1S/C20H23FN4O4S/c1-22-30-24-17-5-3-4-14(19(17)21)9-25(2)20(10-23-11-20)16-7-6-15(28-12-26)8-18(16)29-13-27/h3-8,12-13,22-24H,9-11H2,1-2H3. The molecule has 1 fully saturated rings. The molecule has 30 heavy (non-hydrogen) atoms. The van der Waals surface area contributed by atoms with Crippen LogP contribution in [0, 0.1) is 5.82 Å². The maximum Gasteiger partial charge on any atom is 0.298 e. The van der Waals surface area contributed by atoms with Gasteiger partial charge in [-0.2, -0.15) is 0 Å². The number of carbonyl (C=O) groups excluding carboxylic acids is 2. The van der Waals surface area contributed by atoms with E-state index in [-0.39, 0.29) is 11.6 Å². The quantitative estimate of drug-likeness (QED) is 0.363. The Hall–Kier alpha value is -2.66. The maximum atomic E-state index is 14.9. The number of halogens is 1. The summed E-state index contributed by atoms with van der Waals surface area (Å²) in [5.74, 6) is 0.232. The van der Waals surface area contributed by atoms with E-state index in [2.05, 4.69) is 14.8 Å². The van der Waals surface area contributed by atoms with Gasteiger partial charge in [0.1, 0.15) is 11.5 Å². The second-order valence-electron chi connectivity index (χ2n) is 6.76. The summed E-state index contributed by atoms with van der Waals surface area (Å²) >= 11 is 1.18. The average Bonchev–Trinajstić information content (AvgIpc) is 2.70. The van der Waals surface area contributed by atoms with Crippen LogP contribution in [0.25, 0.3) is 0 Å². The Morgan fingerprint density at radius 1 is 1.23 bits per heavy atom. The number of anilines is 1. The molecule has 1 heterocycles. The molecule has 0 spiro atoms. The van der Waals surface area contributed by atoms with Gasteiger partial charge in [-0.3, -0.25) is 14.5 Å². The third-order valence-electron chi connectivity index (χ3n) is 5.13. The SMILES string of the molecule is CNSNc1cccc(CN(C)C2(c3ccc(OC=O)cc3OC=O)CNC2)c1F. The first-order valence-electron chi connectivity index (χ1n) is 9.19. The van der Waals surface area contributed by atoms with Gasteiger partial charge < -0.3 is 19.5 Å². The minimum Gasteiger partial charge on any atom is -0.429 e. The van der Waals surface area contributed by atoms with Gasteiger partial charge in [0, 0.05) is 49.0 Å². The highest BCUT2D eigenvalue weighted by Gasteiger charge is 2.44. The first kappa shape index (κ1) is 22.0. The van der Waals surface area contributed by atoms with Gasteiger partial charge in [0.05, 0.1) is 11.2 Å². The van der Waals surface area contributed by atoms with E-state index in [1.165, 1.54) is 18.2 Å². The summed E-state index contributed by atoms with van der Waals surface area (Å²) in [5, 5.41) is 3.24. The number of rotatable bonds is 11. The van der Waals surface area contributed by atoms with E-state index in [0.717, 1.165) is 5.56 Å². The Morgan fingerprint density at radius 2 is 2.00 bits per heavy atom. The number of nitrogens with one attached hydrogen (secondary N) is 3. The predicted octanol–water partition coefficient (Wildman–Crippen LogP) is 2.02. The normalized spacial score (nSPS) is 14.7. The lowest BCUT2D eigenvalue weighted by Gasteiger charge is -2.50. The lowest BCUT2D eigenvalue weighted by molar-refractivity contribution is -0.121. The monoisotopic (exact) mass is 434 g/mol. The summed E-state index contributed by atoms with van der Waals surface area (Å²) in [6.45, 7) is 2.14. The molecule has 10 heteroatoms. The zero-order valence-electron chi connectivity index (χ0n) is 16.6. The Morgan fingerprint density at radius 3 is 2.63 bits per heavy atom. The molecule has 2 aromatic rings. The van der Waals surface area contributed by atoms with Crippen molar-refractivity contribution in [3.63, 3.8) is 0 Å². The van der Waals surface area contributed by atoms with Crippen molar-refractivity contribution < 1.29 is 23.5 Å². The van der Waals surface area contributed by atoms with Gasteiger partial charge in [0.2, 0.25) is 0 Å². The first-order chi connectivity index (χ1) is 14.6. The van der Waals surface area contributed by atoms with Crippen LogP contribution in [0.1, 0.15) is 11.1 Å². The molecule has 0 amide bonds. The molecule has 0 radical (unpaired) electrons. The molecule has 0 aliphatic carbocycles. The fourth-order valence-electron chi connectivity index (χ4n) is 3.49. The third-order valence-corrected chi connectivity index (χ3v) is 5.65. The highest BCUT2D eigenvalue weighted by atomic mass is 32.2. The van der Waals surface area contributed by atoms with Crippen LogP contribution in [0.3, 0.4) is 0 Å². The summed E-state index contributed by atoms with van der Waals surface area (Å²) < 4.78 is 30.7. The zero-order chi connectivity index (χ0) is 21.6. The first-order valence-corrected chi connectivity index (χ1v) is 10.0. The molecule has 0 aromatic heterocycles. The van der Waals surface area contributed by atoms with Crippen molar-refractivity contribution >= 4 is 30.8 Å². The summed E-state index contributed by atoms with van der Waals surface area (Å²) in [4.78, 5) is 23.7. The van der Waals surface area contributed by atoms with E-state index in [1.807, 2.05) is 11.9 Å². The molecule has 0 unspecified atom stereocenters. The number of hydrogen-bond acceptors (Lipinski definition) is 9. The molecule has 1 aliphatic rings. The van der Waals surface area contributed by atoms with Gasteiger partial charge in [-0.1, -0.05) is 12.1 Å². The molecular formula is C20H23FN4O4S.